The number of anilines is 1. The molecule has 0 saturated carbocycles. The number of ether oxygens (including phenoxy) is 2. The first-order valence-corrected chi connectivity index (χ1v) is 12.6. The molecular formula is C25H24ClN5O2S. The fourth-order valence-corrected chi connectivity index (χ4v) is 5.70. The topological polar surface area (TPSA) is 76.2 Å². The minimum atomic E-state index is 0.382. The lowest BCUT2D eigenvalue weighted by Gasteiger charge is -2.38. The number of aromatic amines is 1. The van der Waals surface area contributed by atoms with Gasteiger partial charge in [-0.25, -0.2) is 9.97 Å². The Morgan fingerprint density at radius 3 is 2.62 bits per heavy atom. The maximum Gasteiger partial charge on any atom is 0.300 e. The van der Waals surface area contributed by atoms with Crippen molar-refractivity contribution in [2.75, 3.05) is 31.2 Å². The molecule has 0 unspecified atom stereocenters. The van der Waals surface area contributed by atoms with Crippen LogP contribution in [0.2, 0.25) is 5.02 Å². The van der Waals surface area contributed by atoms with Gasteiger partial charge in [-0.1, -0.05) is 41.6 Å². The van der Waals surface area contributed by atoms with Gasteiger partial charge in [0.15, 0.2) is 0 Å². The summed E-state index contributed by atoms with van der Waals surface area (Å²) in [5, 5.41) is 1.35. The van der Waals surface area contributed by atoms with Crippen molar-refractivity contribution in [2.45, 2.75) is 29.2 Å². The lowest BCUT2D eigenvalue weighted by atomic mass is 9.78. The second kappa shape index (κ2) is 9.09. The third-order valence-electron chi connectivity index (χ3n) is 6.66. The van der Waals surface area contributed by atoms with Gasteiger partial charge in [-0.2, -0.15) is 4.98 Å². The minimum Gasteiger partial charge on any atom is -0.426 e. The molecule has 34 heavy (non-hydrogen) atoms. The molecule has 2 aromatic carbocycles. The van der Waals surface area contributed by atoms with Gasteiger partial charge in [-0.15, -0.1) is 0 Å². The zero-order valence-corrected chi connectivity index (χ0v) is 20.1. The molecule has 0 radical (unpaired) electrons. The van der Waals surface area contributed by atoms with Gasteiger partial charge in [0.25, 0.3) is 6.01 Å². The van der Waals surface area contributed by atoms with Gasteiger partial charge in [0, 0.05) is 24.6 Å². The zero-order valence-electron chi connectivity index (χ0n) is 18.5. The molecule has 6 rings (SSSR count). The lowest BCUT2D eigenvalue weighted by molar-refractivity contribution is 0.133. The Morgan fingerprint density at radius 2 is 1.88 bits per heavy atom. The normalized spacial score (nSPS) is 17.5. The number of imidazole rings is 1. The molecule has 2 aliphatic rings. The number of hydrogen-bond acceptors (Lipinski definition) is 7. The van der Waals surface area contributed by atoms with Crippen LogP contribution in [0.15, 0.2) is 64.8 Å². The molecule has 7 nitrogen and oxygen atoms in total. The quantitative estimate of drug-likeness (QED) is 0.367. The molecule has 0 amide bonds. The summed E-state index contributed by atoms with van der Waals surface area (Å²) in [4.78, 5) is 20.2. The SMILES string of the molecule is Clc1c(Sc2cnc(N3CCC4(CCOC4)CC3)cn2)ccc2[nH]c(Oc3ccccc3)nc12. The third-order valence-corrected chi connectivity index (χ3v) is 8.13. The maximum atomic E-state index is 6.69. The number of halogens is 1. The van der Waals surface area contributed by atoms with Crippen LogP contribution < -0.4 is 9.64 Å². The van der Waals surface area contributed by atoms with E-state index in [0.717, 1.165) is 60.4 Å². The molecular weight excluding hydrogens is 470 g/mol. The van der Waals surface area contributed by atoms with E-state index in [9.17, 15) is 0 Å². The van der Waals surface area contributed by atoms with Crippen molar-refractivity contribution < 1.29 is 9.47 Å². The standard InChI is InChI=1S/C25H24ClN5O2S/c26-22-19(7-6-18-23(22)30-24(29-18)33-17-4-2-1-3-5-17)34-21-15-27-20(14-28-21)31-11-8-25(9-12-31)10-13-32-16-25/h1-7,14-15H,8-13,16H2,(H,29,30). The molecule has 2 aromatic heterocycles. The second-order valence-corrected chi connectivity index (χ2v) is 10.3. The molecule has 2 saturated heterocycles. The minimum absolute atomic E-state index is 0.382. The van der Waals surface area contributed by atoms with E-state index in [2.05, 4.69) is 24.8 Å². The van der Waals surface area contributed by atoms with Crippen LogP contribution in [0.1, 0.15) is 19.3 Å². The summed E-state index contributed by atoms with van der Waals surface area (Å²) >= 11 is 8.17. The van der Waals surface area contributed by atoms with Crippen molar-refractivity contribution in [3.8, 4) is 11.8 Å². The highest BCUT2D eigenvalue weighted by molar-refractivity contribution is 7.99. The first-order valence-electron chi connectivity index (χ1n) is 11.4. The van der Waals surface area contributed by atoms with E-state index in [4.69, 9.17) is 21.1 Å². The Hall–Kier alpha value is -2.81. The first-order chi connectivity index (χ1) is 16.7. The highest BCUT2D eigenvalue weighted by Gasteiger charge is 2.38. The number of fused-ring (bicyclic) bond motifs is 1. The van der Waals surface area contributed by atoms with Crippen molar-refractivity contribution in [3.05, 3.63) is 59.9 Å². The molecule has 2 aliphatic heterocycles. The van der Waals surface area contributed by atoms with E-state index in [0.29, 0.717) is 27.7 Å². The van der Waals surface area contributed by atoms with E-state index in [-0.39, 0.29) is 0 Å². The van der Waals surface area contributed by atoms with Crippen LogP contribution in [0.3, 0.4) is 0 Å². The number of piperidine rings is 1. The monoisotopic (exact) mass is 493 g/mol. The summed E-state index contributed by atoms with van der Waals surface area (Å²) < 4.78 is 11.5. The fraction of sp³-hybridized carbons (Fsp3) is 0.320. The third kappa shape index (κ3) is 4.33. The number of hydrogen-bond donors (Lipinski definition) is 1. The van der Waals surface area contributed by atoms with E-state index < -0.39 is 0 Å². The van der Waals surface area contributed by atoms with Crippen LogP contribution in [0.4, 0.5) is 5.82 Å². The summed E-state index contributed by atoms with van der Waals surface area (Å²) in [6.45, 7) is 3.81. The first kappa shape index (κ1) is 21.7. The van der Waals surface area contributed by atoms with Crippen molar-refractivity contribution in [1.82, 2.24) is 19.9 Å². The molecule has 4 heterocycles. The van der Waals surface area contributed by atoms with Crippen molar-refractivity contribution in [2.24, 2.45) is 5.41 Å². The van der Waals surface area contributed by atoms with Crippen LogP contribution in [0.25, 0.3) is 11.0 Å². The molecule has 0 aliphatic carbocycles. The molecule has 174 valence electrons. The van der Waals surface area contributed by atoms with E-state index in [1.807, 2.05) is 54.9 Å². The van der Waals surface area contributed by atoms with Gasteiger partial charge in [0.1, 0.15) is 22.1 Å². The average Bonchev–Trinajstić information content (AvgIpc) is 3.50. The lowest BCUT2D eigenvalue weighted by Crippen LogP contribution is -2.40. The number of nitrogens with one attached hydrogen (secondary N) is 1. The molecule has 0 bridgehead atoms. The zero-order chi connectivity index (χ0) is 23.0. The second-order valence-electron chi connectivity index (χ2n) is 8.84. The van der Waals surface area contributed by atoms with E-state index >= 15 is 0 Å². The number of aromatic nitrogens is 4. The van der Waals surface area contributed by atoms with Gasteiger partial charge in [-0.3, -0.25) is 0 Å². The van der Waals surface area contributed by atoms with Crippen LogP contribution in [0, 0.1) is 5.41 Å². The molecule has 1 N–H and O–H groups in total. The predicted molar refractivity (Wildman–Crippen MR) is 133 cm³/mol. The summed E-state index contributed by atoms with van der Waals surface area (Å²) in [6.07, 6.45) is 7.17. The summed E-state index contributed by atoms with van der Waals surface area (Å²) in [6, 6.07) is 13.8. The number of H-pyrrole nitrogens is 1. The molecule has 0 atom stereocenters. The summed E-state index contributed by atoms with van der Waals surface area (Å²) in [5.74, 6) is 1.64. The number of rotatable bonds is 5. The van der Waals surface area contributed by atoms with Gasteiger partial charge in [0.05, 0.1) is 29.5 Å². The van der Waals surface area contributed by atoms with E-state index in [1.54, 1.807) is 0 Å². The molecule has 2 fully saturated rings. The van der Waals surface area contributed by atoms with Gasteiger partial charge in [0.2, 0.25) is 0 Å². The van der Waals surface area contributed by atoms with Crippen LogP contribution in [-0.2, 0) is 4.74 Å². The van der Waals surface area contributed by atoms with Crippen molar-refractivity contribution in [1.29, 1.82) is 0 Å². The average molecular weight is 494 g/mol. The van der Waals surface area contributed by atoms with Crippen LogP contribution in [-0.4, -0.2) is 46.2 Å². The Labute approximate surface area is 206 Å². The van der Waals surface area contributed by atoms with Gasteiger partial charge >= 0.3 is 0 Å². The van der Waals surface area contributed by atoms with Gasteiger partial charge < -0.3 is 19.4 Å². The Balaban J connectivity index is 1.15. The Morgan fingerprint density at radius 1 is 1.03 bits per heavy atom. The molecule has 9 heteroatoms. The fourth-order valence-electron chi connectivity index (χ4n) is 4.62. The maximum absolute atomic E-state index is 6.69. The number of benzene rings is 2. The van der Waals surface area contributed by atoms with E-state index in [1.165, 1.54) is 18.2 Å². The number of nitrogens with zero attached hydrogens (tertiary/aromatic N) is 4. The van der Waals surface area contributed by atoms with Crippen molar-refractivity contribution >= 4 is 40.2 Å². The van der Waals surface area contributed by atoms with Crippen LogP contribution >= 0.6 is 23.4 Å². The van der Waals surface area contributed by atoms with Gasteiger partial charge in [-0.05, 0) is 48.9 Å². The predicted octanol–water partition coefficient (Wildman–Crippen LogP) is 5.96. The van der Waals surface area contributed by atoms with Crippen LogP contribution in [0.5, 0.6) is 11.8 Å². The largest absolute Gasteiger partial charge is 0.426 e. The molecule has 1 spiro atoms. The molecule has 4 aromatic rings. The highest BCUT2D eigenvalue weighted by Crippen LogP contribution is 2.40. The smallest absolute Gasteiger partial charge is 0.300 e. The van der Waals surface area contributed by atoms with Crippen molar-refractivity contribution in [3.63, 3.8) is 0 Å². The Bertz CT molecular complexity index is 1280. The number of para-hydroxylation sites is 1. The Kier molecular flexibility index (Phi) is 5.80. The summed E-state index contributed by atoms with van der Waals surface area (Å²) in [5.41, 5.74) is 1.87. The summed E-state index contributed by atoms with van der Waals surface area (Å²) in [7, 11) is 0. The highest BCUT2D eigenvalue weighted by atomic mass is 35.5.